The van der Waals surface area contributed by atoms with Gasteiger partial charge in [0.1, 0.15) is 0 Å². The van der Waals surface area contributed by atoms with Crippen molar-refractivity contribution in [2.24, 2.45) is 5.92 Å². The van der Waals surface area contributed by atoms with Gasteiger partial charge in [0.15, 0.2) is 0 Å². The minimum Gasteiger partial charge on any atom is -0.381 e. The van der Waals surface area contributed by atoms with Gasteiger partial charge < -0.3 is 10.1 Å². The van der Waals surface area contributed by atoms with Gasteiger partial charge in [0.2, 0.25) is 5.91 Å². The first kappa shape index (κ1) is 13.1. The van der Waals surface area contributed by atoms with Crippen LogP contribution in [-0.4, -0.2) is 36.4 Å². The van der Waals surface area contributed by atoms with Gasteiger partial charge in [-0.15, -0.1) is 23.2 Å². The summed E-state index contributed by atoms with van der Waals surface area (Å²) in [5.41, 5.74) is -0.501. The van der Waals surface area contributed by atoms with Crippen molar-refractivity contribution in [3.8, 4) is 0 Å². The molecule has 1 saturated heterocycles. The number of hydrogen-bond donors (Lipinski definition) is 1. The SMILES string of the molecule is CC(CCl)(CCl)NC(=O)C1CCOCC1. The summed E-state index contributed by atoms with van der Waals surface area (Å²) in [4.78, 5) is 11.8. The molecule has 1 heterocycles. The Kier molecular flexibility index (Phi) is 5.16. The Hall–Kier alpha value is 0.01000. The normalized spacial score (nSPS) is 18.9. The smallest absolute Gasteiger partial charge is 0.223 e. The zero-order valence-corrected chi connectivity index (χ0v) is 10.4. The molecule has 5 heteroatoms. The predicted molar refractivity (Wildman–Crippen MR) is 61.5 cm³/mol. The van der Waals surface area contributed by atoms with Crippen LogP contribution in [0.5, 0.6) is 0 Å². The van der Waals surface area contributed by atoms with E-state index in [0.29, 0.717) is 25.0 Å². The molecule has 0 spiro atoms. The molecule has 3 nitrogen and oxygen atoms in total. The molecular formula is C10H17Cl2NO2. The minimum atomic E-state index is -0.501. The highest BCUT2D eigenvalue weighted by Gasteiger charge is 2.29. The van der Waals surface area contributed by atoms with E-state index in [9.17, 15) is 4.79 Å². The second kappa shape index (κ2) is 5.92. The monoisotopic (exact) mass is 253 g/mol. The quantitative estimate of drug-likeness (QED) is 0.776. The largest absolute Gasteiger partial charge is 0.381 e. The van der Waals surface area contributed by atoms with Crippen molar-refractivity contribution in [3.63, 3.8) is 0 Å². The molecule has 1 amide bonds. The highest BCUT2D eigenvalue weighted by atomic mass is 35.5. The van der Waals surface area contributed by atoms with Gasteiger partial charge in [-0.1, -0.05) is 0 Å². The first-order valence-electron chi connectivity index (χ1n) is 5.13. The highest BCUT2D eigenvalue weighted by molar-refractivity contribution is 6.22. The van der Waals surface area contributed by atoms with E-state index in [1.807, 2.05) is 6.92 Å². The molecule has 0 saturated carbocycles. The van der Waals surface area contributed by atoms with Gasteiger partial charge in [-0.05, 0) is 19.8 Å². The average molecular weight is 254 g/mol. The second-order valence-electron chi connectivity index (χ2n) is 4.20. The van der Waals surface area contributed by atoms with E-state index in [0.717, 1.165) is 12.8 Å². The van der Waals surface area contributed by atoms with E-state index in [1.54, 1.807) is 0 Å². The average Bonchev–Trinajstić information content (AvgIpc) is 2.30. The van der Waals surface area contributed by atoms with Crippen LogP contribution in [0.15, 0.2) is 0 Å². The third kappa shape index (κ3) is 3.82. The standard InChI is InChI=1S/C10H17Cl2NO2/c1-10(6-11,7-12)13-9(14)8-2-4-15-5-3-8/h8H,2-7H2,1H3,(H,13,14). The predicted octanol–water partition coefficient (Wildman–Crippen LogP) is 1.77. The molecule has 88 valence electrons. The lowest BCUT2D eigenvalue weighted by atomic mass is 9.97. The van der Waals surface area contributed by atoms with E-state index in [2.05, 4.69) is 5.32 Å². The topological polar surface area (TPSA) is 38.3 Å². The van der Waals surface area contributed by atoms with Crippen molar-refractivity contribution in [2.45, 2.75) is 25.3 Å². The second-order valence-corrected chi connectivity index (χ2v) is 4.74. The fraction of sp³-hybridized carbons (Fsp3) is 0.900. The van der Waals surface area contributed by atoms with Gasteiger partial charge in [-0.3, -0.25) is 4.79 Å². The van der Waals surface area contributed by atoms with Crippen molar-refractivity contribution in [1.82, 2.24) is 5.32 Å². The number of hydrogen-bond acceptors (Lipinski definition) is 2. The fourth-order valence-corrected chi connectivity index (χ4v) is 1.88. The van der Waals surface area contributed by atoms with Gasteiger partial charge >= 0.3 is 0 Å². The Balaban J connectivity index is 2.46. The fourth-order valence-electron chi connectivity index (χ4n) is 1.46. The maximum atomic E-state index is 11.8. The molecular weight excluding hydrogens is 237 g/mol. The molecule has 1 N–H and O–H groups in total. The molecule has 1 rings (SSSR count). The Labute approximate surface area is 100 Å². The van der Waals surface area contributed by atoms with E-state index in [-0.39, 0.29) is 11.8 Å². The van der Waals surface area contributed by atoms with Gasteiger partial charge in [0, 0.05) is 30.9 Å². The van der Waals surface area contributed by atoms with Crippen LogP contribution in [0.1, 0.15) is 19.8 Å². The van der Waals surface area contributed by atoms with Crippen molar-refractivity contribution in [1.29, 1.82) is 0 Å². The van der Waals surface area contributed by atoms with E-state index in [1.165, 1.54) is 0 Å². The summed E-state index contributed by atoms with van der Waals surface area (Å²) in [5.74, 6) is 0.739. The summed E-state index contributed by atoms with van der Waals surface area (Å²) in [5, 5.41) is 2.90. The maximum Gasteiger partial charge on any atom is 0.223 e. The zero-order chi connectivity index (χ0) is 11.3. The number of amides is 1. The lowest BCUT2D eigenvalue weighted by Gasteiger charge is -2.29. The molecule has 0 unspecified atom stereocenters. The molecule has 1 aliphatic rings. The molecule has 0 atom stereocenters. The summed E-state index contributed by atoms with van der Waals surface area (Å²) in [6.07, 6.45) is 1.57. The zero-order valence-electron chi connectivity index (χ0n) is 8.89. The Morgan fingerprint density at radius 2 is 1.93 bits per heavy atom. The Bertz CT molecular complexity index is 213. The maximum absolute atomic E-state index is 11.8. The highest BCUT2D eigenvalue weighted by Crippen LogP contribution is 2.17. The Morgan fingerprint density at radius 3 is 2.40 bits per heavy atom. The number of ether oxygens (including phenoxy) is 1. The summed E-state index contributed by atoms with van der Waals surface area (Å²) in [6.45, 7) is 3.18. The van der Waals surface area contributed by atoms with Crippen molar-refractivity contribution < 1.29 is 9.53 Å². The number of carbonyl (C=O) groups excluding carboxylic acids is 1. The first-order chi connectivity index (χ1) is 7.11. The van der Waals surface area contributed by atoms with Crippen molar-refractivity contribution in [3.05, 3.63) is 0 Å². The van der Waals surface area contributed by atoms with Crippen LogP contribution in [0.4, 0.5) is 0 Å². The number of rotatable bonds is 4. The van der Waals surface area contributed by atoms with E-state index >= 15 is 0 Å². The molecule has 0 aromatic rings. The van der Waals surface area contributed by atoms with Crippen molar-refractivity contribution >= 4 is 29.1 Å². The number of halogens is 2. The minimum absolute atomic E-state index is 0.0436. The Morgan fingerprint density at radius 1 is 1.40 bits per heavy atom. The van der Waals surface area contributed by atoms with E-state index < -0.39 is 5.54 Å². The molecule has 0 aliphatic carbocycles. The third-order valence-corrected chi connectivity index (χ3v) is 3.79. The van der Waals surface area contributed by atoms with Crippen LogP contribution in [-0.2, 0) is 9.53 Å². The number of alkyl halides is 2. The molecule has 0 aromatic heterocycles. The van der Waals surface area contributed by atoms with Gasteiger partial charge in [-0.25, -0.2) is 0 Å². The molecule has 0 aromatic carbocycles. The third-order valence-electron chi connectivity index (χ3n) is 2.61. The summed E-state index contributed by atoms with van der Waals surface area (Å²) < 4.78 is 5.20. The molecule has 1 aliphatic heterocycles. The summed E-state index contributed by atoms with van der Waals surface area (Å²) >= 11 is 11.5. The summed E-state index contributed by atoms with van der Waals surface area (Å²) in [7, 11) is 0. The van der Waals surface area contributed by atoms with Crippen LogP contribution in [0.2, 0.25) is 0 Å². The van der Waals surface area contributed by atoms with Gasteiger partial charge in [0.05, 0.1) is 5.54 Å². The van der Waals surface area contributed by atoms with E-state index in [4.69, 9.17) is 27.9 Å². The molecule has 15 heavy (non-hydrogen) atoms. The number of carbonyl (C=O) groups is 1. The molecule has 1 fully saturated rings. The van der Waals surface area contributed by atoms with Crippen LogP contribution >= 0.6 is 23.2 Å². The van der Waals surface area contributed by atoms with Crippen LogP contribution in [0.25, 0.3) is 0 Å². The van der Waals surface area contributed by atoms with Crippen LogP contribution in [0, 0.1) is 5.92 Å². The lowest BCUT2D eigenvalue weighted by molar-refractivity contribution is -0.129. The summed E-state index contributed by atoms with van der Waals surface area (Å²) in [6, 6.07) is 0. The van der Waals surface area contributed by atoms with Crippen LogP contribution in [0.3, 0.4) is 0 Å². The van der Waals surface area contributed by atoms with Crippen LogP contribution < -0.4 is 5.32 Å². The first-order valence-corrected chi connectivity index (χ1v) is 6.20. The lowest BCUT2D eigenvalue weighted by Crippen LogP contribution is -2.51. The molecule has 0 bridgehead atoms. The van der Waals surface area contributed by atoms with Gasteiger partial charge in [-0.2, -0.15) is 0 Å². The number of nitrogens with one attached hydrogen (secondary N) is 1. The molecule has 0 radical (unpaired) electrons. The van der Waals surface area contributed by atoms with Gasteiger partial charge in [0.25, 0.3) is 0 Å². The van der Waals surface area contributed by atoms with Crippen molar-refractivity contribution in [2.75, 3.05) is 25.0 Å².